The molecule has 4 rings (SSSR count). The number of pyridine rings is 2. The van der Waals surface area contributed by atoms with E-state index in [-0.39, 0.29) is 6.10 Å². The Morgan fingerprint density at radius 2 is 1.86 bits per heavy atom. The van der Waals surface area contributed by atoms with Crippen molar-refractivity contribution in [3.8, 4) is 5.75 Å². The van der Waals surface area contributed by atoms with Crippen LogP contribution in [0.3, 0.4) is 0 Å². The molecule has 3 aromatic rings. The van der Waals surface area contributed by atoms with Gasteiger partial charge in [-0.1, -0.05) is 0 Å². The zero-order valence-corrected chi connectivity index (χ0v) is 11.3. The van der Waals surface area contributed by atoms with Crippen LogP contribution in [0.5, 0.6) is 5.75 Å². The highest BCUT2D eigenvalue weighted by Gasteiger charge is 2.30. The quantitative estimate of drug-likeness (QED) is 0.727. The van der Waals surface area contributed by atoms with Gasteiger partial charge in [0.2, 0.25) is 0 Å². The summed E-state index contributed by atoms with van der Waals surface area (Å²) in [4.78, 5) is 19.0. The minimum absolute atomic E-state index is 0.175. The van der Waals surface area contributed by atoms with E-state index in [1.54, 1.807) is 24.9 Å². The average Bonchev–Trinajstić information content (AvgIpc) is 2.51. The minimum Gasteiger partial charge on any atom is -0.487 e. The molecule has 1 aliphatic rings. The van der Waals surface area contributed by atoms with Crippen molar-refractivity contribution in [1.29, 1.82) is 0 Å². The predicted octanol–water partition coefficient (Wildman–Crippen LogP) is 1.69. The van der Waals surface area contributed by atoms with E-state index in [0.717, 1.165) is 35.7 Å². The minimum atomic E-state index is 0.175. The van der Waals surface area contributed by atoms with E-state index in [0.29, 0.717) is 0 Å². The standard InChI is InChI=1S/C15H13N5O/c1-2-13-14(17-5-1)18-10-19-15(13)20-8-12(9-20)21-11-3-6-16-7-4-11/h1-7,10,12H,8-9H2. The molecule has 6 heteroatoms. The molecule has 1 fully saturated rings. The molecule has 0 aromatic carbocycles. The van der Waals surface area contributed by atoms with Crippen molar-refractivity contribution in [1.82, 2.24) is 19.9 Å². The van der Waals surface area contributed by atoms with E-state index in [4.69, 9.17) is 4.74 Å². The SMILES string of the molecule is c1cnc2ncnc(N3CC(Oc4ccncc4)C3)c2c1. The van der Waals surface area contributed by atoms with Crippen molar-refractivity contribution in [2.45, 2.75) is 6.10 Å². The molecule has 4 heterocycles. The second-order valence-corrected chi connectivity index (χ2v) is 4.90. The molecule has 0 atom stereocenters. The van der Waals surface area contributed by atoms with E-state index in [9.17, 15) is 0 Å². The number of rotatable bonds is 3. The van der Waals surface area contributed by atoms with E-state index in [1.807, 2.05) is 24.3 Å². The smallest absolute Gasteiger partial charge is 0.164 e. The van der Waals surface area contributed by atoms with Gasteiger partial charge in [-0.2, -0.15) is 0 Å². The molecule has 0 saturated carbocycles. The molecule has 1 saturated heterocycles. The lowest BCUT2D eigenvalue weighted by Gasteiger charge is -2.40. The molecule has 21 heavy (non-hydrogen) atoms. The number of fused-ring (bicyclic) bond motifs is 1. The zero-order valence-electron chi connectivity index (χ0n) is 11.3. The van der Waals surface area contributed by atoms with E-state index >= 15 is 0 Å². The highest BCUT2D eigenvalue weighted by molar-refractivity contribution is 5.86. The Labute approximate surface area is 121 Å². The van der Waals surface area contributed by atoms with E-state index in [1.165, 1.54) is 0 Å². The summed E-state index contributed by atoms with van der Waals surface area (Å²) in [5.41, 5.74) is 0.723. The van der Waals surface area contributed by atoms with Crippen LogP contribution in [0.1, 0.15) is 0 Å². The van der Waals surface area contributed by atoms with E-state index in [2.05, 4.69) is 24.8 Å². The Morgan fingerprint density at radius 1 is 1.00 bits per heavy atom. The fourth-order valence-corrected chi connectivity index (χ4v) is 2.43. The van der Waals surface area contributed by atoms with Gasteiger partial charge in [0, 0.05) is 18.6 Å². The topological polar surface area (TPSA) is 64.0 Å². The fraction of sp³-hybridized carbons (Fsp3) is 0.200. The lowest BCUT2D eigenvalue weighted by Crippen LogP contribution is -2.54. The first-order valence-electron chi connectivity index (χ1n) is 6.77. The molecule has 0 unspecified atom stereocenters. The third-order valence-electron chi connectivity index (χ3n) is 3.49. The Morgan fingerprint density at radius 3 is 2.71 bits per heavy atom. The Bertz CT molecular complexity index is 753. The number of hydrogen-bond acceptors (Lipinski definition) is 6. The monoisotopic (exact) mass is 279 g/mol. The van der Waals surface area contributed by atoms with Crippen molar-refractivity contribution in [3.05, 3.63) is 49.2 Å². The van der Waals surface area contributed by atoms with Gasteiger partial charge in [-0.15, -0.1) is 0 Å². The first-order chi connectivity index (χ1) is 10.4. The number of anilines is 1. The summed E-state index contributed by atoms with van der Waals surface area (Å²) in [7, 11) is 0. The fourth-order valence-electron chi connectivity index (χ4n) is 2.43. The van der Waals surface area contributed by atoms with Crippen LogP contribution in [0.4, 0.5) is 5.82 Å². The molecule has 1 aliphatic heterocycles. The number of nitrogens with zero attached hydrogens (tertiary/aromatic N) is 5. The third kappa shape index (κ3) is 2.24. The van der Waals surface area contributed by atoms with E-state index < -0.39 is 0 Å². The first kappa shape index (κ1) is 12.0. The largest absolute Gasteiger partial charge is 0.487 e. The molecular weight excluding hydrogens is 266 g/mol. The molecular formula is C15H13N5O. The Balaban J connectivity index is 1.50. The van der Waals surface area contributed by atoms with Crippen molar-refractivity contribution in [3.63, 3.8) is 0 Å². The molecule has 0 amide bonds. The summed E-state index contributed by atoms with van der Waals surface area (Å²) in [5, 5.41) is 0.974. The summed E-state index contributed by atoms with van der Waals surface area (Å²) in [6.45, 7) is 1.62. The van der Waals surface area contributed by atoms with Crippen LogP contribution in [0.15, 0.2) is 49.2 Å². The second kappa shape index (κ2) is 4.97. The molecule has 0 radical (unpaired) electrons. The lowest BCUT2D eigenvalue weighted by atomic mass is 10.1. The highest BCUT2D eigenvalue weighted by atomic mass is 16.5. The van der Waals surface area contributed by atoms with Gasteiger partial charge in [0.1, 0.15) is 24.0 Å². The Hall–Kier alpha value is -2.76. The summed E-state index contributed by atoms with van der Waals surface area (Å²) < 4.78 is 5.87. The molecule has 0 spiro atoms. The van der Waals surface area contributed by atoms with Crippen LogP contribution < -0.4 is 9.64 Å². The molecule has 0 aliphatic carbocycles. The normalized spacial score (nSPS) is 15.0. The average molecular weight is 279 g/mol. The first-order valence-corrected chi connectivity index (χ1v) is 6.77. The van der Waals surface area contributed by atoms with Gasteiger partial charge >= 0.3 is 0 Å². The van der Waals surface area contributed by atoms with Crippen molar-refractivity contribution in [2.75, 3.05) is 18.0 Å². The zero-order chi connectivity index (χ0) is 14.1. The molecule has 3 aromatic heterocycles. The summed E-state index contributed by atoms with van der Waals surface area (Å²) >= 11 is 0. The number of hydrogen-bond donors (Lipinski definition) is 0. The van der Waals surface area contributed by atoms with Crippen LogP contribution >= 0.6 is 0 Å². The number of aromatic nitrogens is 4. The van der Waals surface area contributed by atoms with Crippen molar-refractivity contribution in [2.24, 2.45) is 0 Å². The van der Waals surface area contributed by atoms with Crippen LogP contribution in [0.25, 0.3) is 11.0 Å². The van der Waals surface area contributed by atoms with Crippen molar-refractivity contribution >= 4 is 16.9 Å². The summed E-state index contributed by atoms with van der Waals surface area (Å²) in [6.07, 6.45) is 6.94. The highest BCUT2D eigenvalue weighted by Crippen LogP contribution is 2.27. The van der Waals surface area contributed by atoms with Crippen LogP contribution in [0, 0.1) is 0 Å². The predicted molar refractivity (Wildman–Crippen MR) is 78.2 cm³/mol. The molecule has 104 valence electrons. The van der Waals surface area contributed by atoms with Gasteiger partial charge in [0.15, 0.2) is 5.65 Å². The van der Waals surface area contributed by atoms with Gasteiger partial charge in [0.25, 0.3) is 0 Å². The van der Waals surface area contributed by atoms with Gasteiger partial charge in [0.05, 0.1) is 18.5 Å². The summed E-state index contributed by atoms with van der Waals surface area (Å²) in [5.74, 6) is 1.77. The van der Waals surface area contributed by atoms with Gasteiger partial charge in [-0.3, -0.25) is 4.98 Å². The maximum absolute atomic E-state index is 5.87. The molecule has 6 nitrogen and oxygen atoms in total. The second-order valence-electron chi connectivity index (χ2n) is 4.90. The summed E-state index contributed by atoms with van der Waals surface area (Å²) in [6, 6.07) is 7.63. The van der Waals surface area contributed by atoms with Crippen molar-refractivity contribution < 1.29 is 4.74 Å². The number of ether oxygens (including phenoxy) is 1. The lowest BCUT2D eigenvalue weighted by molar-refractivity contribution is 0.167. The molecule has 0 bridgehead atoms. The molecule has 0 N–H and O–H groups in total. The van der Waals surface area contributed by atoms with Crippen LogP contribution in [0.2, 0.25) is 0 Å². The maximum Gasteiger partial charge on any atom is 0.164 e. The van der Waals surface area contributed by atoms with Crippen LogP contribution in [-0.4, -0.2) is 39.1 Å². The van der Waals surface area contributed by atoms with Crippen LogP contribution in [-0.2, 0) is 0 Å². The Kier molecular flexibility index (Phi) is 2.85. The van der Waals surface area contributed by atoms with Gasteiger partial charge in [-0.25, -0.2) is 15.0 Å². The maximum atomic E-state index is 5.87. The third-order valence-corrected chi connectivity index (χ3v) is 3.49. The van der Waals surface area contributed by atoms with Gasteiger partial charge < -0.3 is 9.64 Å². The van der Waals surface area contributed by atoms with Gasteiger partial charge in [-0.05, 0) is 24.3 Å².